The van der Waals surface area contributed by atoms with Gasteiger partial charge in [0, 0.05) is 30.9 Å². The van der Waals surface area contributed by atoms with Gasteiger partial charge in [-0.2, -0.15) is 0 Å². The molecule has 1 unspecified atom stereocenters. The van der Waals surface area contributed by atoms with Crippen molar-refractivity contribution < 1.29 is 4.74 Å². The van der Waals surface area contributed by atoms with Gasteiger partial charge in [0.15, 0.2) is 5.96 Å². The van der Waals surface area contributed by atoms with Gasteiger partial charge in [-0.05, 0) is 43.5 Å². The summed E-state index contributed by atoms with van der Waals surface area (Å²) in [5, 5.41) is 3.18. The predicted octanol–water partition coefficient (Wildman–Crippen LogP) is 4.13. The first-order valence-corrected chi connectivity index (χ1v) is 10.1. The van der Waals surface area contributed by atoms with Crippen LogP contribution in [0.15, 0.2) is 53.5 Å². The highest BCUT2D eigenvalue weighted by atomic mass is 16.5. The van der Waals surface area contributed by atoms with Crippen LogP contribution in [0.3, 0.4) is 0 Å². The molecule has 1 fully saturated rings. The average molecular weight is 381 g/mol. The largest absolute Gasteiger partial charge is 0.380 e. The molecule has 3 rings (SSSR count). The fourth-order valence-corrected chi connectivity index (χ4v) is 3.65. The van der Waals surface area contributed by atoms with Crippen LogP contribution in [-0.4, -0.2) is 30.6 Å². The number of nitrogens with two attached hydrogens (primary N) is 1. The third-order valence-electron chi connectivity index (χ3n) is 5.36. The number of benzene rings is 2. The van der Waals surface area contributed by atoms with E-state index in [1.165, 1.54) is 31.4 Å². The van der Waals surface area contributed by atoms with Crippen LogP contribution >= 0.6 is 0 Å². The van der Waals surface area contributed by atoms with E-state index in [0.717, 1.165) is 23.4 Å². The van der Waals surface area contributed by atoms with Crippen molar-refractivity contribution in [2.24, 2.45) is 10.7 Å². The van der Waals surface area contributed by atoms with Gasteiger partial charge >= 0.3 is 0 Å². The molecule has 0 bridgehead atoms. The molecule has 2 aromatic carbocycles. The molecule has 1 atom stereocenters. The number of aliphatic imine (C=N–C) groups is 1. The summed E-state index contributed by atoms with van der Waals surface area (Å²) >= 11 is 0. The summed E-state index contributed by atoms with van der Waals surface area (Å²) in [6.07, 6.45) is 3.99. The summed E-state index contributed by atoms with van der Waals surface area (Å²) in [5.41, 5.74) is 10.6. The van der Waals surface area contributed by atoms with Gasteiger partial charge in [-0.25, -0.2) is 4.99 Å². The van der Waals surface area contributed by atoms with E-state index in [1.54, 1.807) is 7.11 Å². The van der Waals surface area contributed by atoms with E-state index in [2.05, 4.69) is 46.4 Å². The molecule has 1 aliphatic rings. The zero-order chi connectivity index (χ0) is 19.8. The minimum absolute atomic E-state index is 0.412. The lowest BCUT2D eigenvalue weighted by Gasteiger charge is -2.33. The Hall–Kier alpha value is -2.37. The van der Waals surface area contributed by atoms with Crippen LogP contribution in [0.25, 0.3) is 0 Å². The molecular formula is C23H32N4O. The fourth-order valence-electron chi connectivity index (χ4n) is 3.65. The molecular weight excluding hydrogens is 348 g/mol. The van der Waals surface area contributed by atoms with E-state index in [4.69, 9.17) is 10.5 Å². The highest BCUT2D eigenvalue weighted by Gasteiger charge is 2.17. The molecule has 5 heteroatoms. The molecule has 1 saturated heterocycles. The molecule has 28 heavy (non-hydrogen) atoms. The number of piperidine rings is 1. The van der Waals surface area contributed by atoms with Gasteiger partial charge in [-0.1, -0.05) is 48.9 Å². The molecule has 0 radical (unpaired) electrons. The highest BCUT2D eigenvalue weighted by Crippen LogP contribution is 2.19. The number of ether oxygens (including phenoxy) is 1. The normalized spacial score (nSPS) is 18.2. The Kier molecular flexibility index (Phi) is 7.46. The quantitative estimate of drug-likeness (QED) is 0.560. The van der Waals surface area contributed by atoms with Gasteiger partial charge < -0.3 is 15.8 Å². The number of nitrogens with one attached hydrogen (secondary N) is 1. The number of rotatable bonds is 7. The van der Waals surface area contributed by atoms with Gasteiger partial charge in [-0.15, -0.1) is 0 Å². The topological polar surface area (TPSA) is 62.9 Å². The van der Waals surface area contributed by atoms with Crippen molar-refractivity contribution in [1.29, 1.82) is 0 Å². The average Bonchev–Trinajstić information content (AvgIpc) is 2.71. The van der Waals surface area contributed by atoms with E-state index in [9.17, 15) is 0 Å². The van der Waals surface area contributed by atoms with Crippen LogP contribution < -0.4 is 11.1 Å². The Labute approximate surface area is 168 Å². The number of hydrogen-bond acceptors (Lipinski definition) is 3. The van der Waals surface area contributed by atoms with Gasteiger partial charge in [0.1, 0.15) is 0 Å². The standard InChI is InChI=1S/C23H32N4O/c1-18-7-5-6-14-27(18)16-20-12-10-19(11-13-20)15-25-23(24)26-22-9-4-3-8-21(22)17-28-2/h3-4,8-13,18H,5-7,14-17H2,1-2H3,(H3,24,25,26). The summed E-state index contributed by atoms with van der Waals surface area (Å²) in [6.45, 7) is 5.67. The van der Waals surface area contributed by atoms with Crippen LogP contribution in [0.1, 0.15) is 42.9 Å². The van der Waals surface area contributed by atoms with E-state index in [-0.39, 0.29) is 0 Å². The Balaban J connectivity index is 1.55. The second-order valence-corrected chi connectivity index (χ2v) is 7.55. The first-order chi connectivity index (χ1) is 13.7. The minimum atomic E-state index is 0.412. The summed E-state index contributed by atoms with van der Waals surface area (Å²) in [5.74, 6) is 0.412. The second-order valence-electron chi connectivity index (χ2n) is 7.55. The number of methoxy groups -OCH3 is 1. The van der Waals surface area contributed by atoms with Gasteiger partial charge in [0.25, 0.3) is 0 Å². The van der Waals surface area contributed by atoms with Gasteiger partial charge in [0.05, 0.1) is 13.2 Å². The summed E-state index contributed by atoms with van der Waals surface area (Å²) in [6, 6.07) is 17.4. The third-order valence-corrected chi connectivity index (χ3v) is 5.36. The molecule has 0 spiro atoms. The van der Waals surface area contributed by atoms with Crippen molar-refractivity contribution >= 4 is 11.6 Å². The van der Waals surface area contributed by atoms with Crippen molar-refractivity contribution in [1.82, 2.24) is 4.90 Å². The van der Waals surface area contributed by atoms with Crippen LogP contribution in [0.4, 0.5) is 5.69 Å². The van der Waals surface area contributed by atoms with E-state index >= 15 is 0 Å². The molecule has 1 heterocycles. The van der Waals surface area contributed by atoms with Gasteiger partial charge in [-0.3, -0.25) is 4.90 Å². The number of likely N-dealkylation sites (tertiary alicyclic amines) is 1. The van der Waals surface area contributed by atoms with Crippen molar-refractivity contribution in [2.45, 2.75) is 51.9 Å². The van der Waals surface area contributed by atoms with Crippen molar-refractivity contribution in [3.63, 3.8) is 0 Å². The molecule has 0 aromatic heterocycles. The van der Waals surface area contributed by atoms with Gasteiger partial charge in [0.2, 0.25) is 0 Å². The smallest absolute Gasteiger partial charge is 0.193 e. The summed E-state index contributed by atoms with van der Waals surface area (Å²) in [7, 11) is 1.68. The van der Waals surface area contributed by atoms with Crippen molar-refractivity contribution in [3.8, 4) is 0 Å². The second kappa shape index (κ2) is 10.2. The van der Waals surface area contributed by atoms with Crippen LogP contribution in [-0.2, 0) is 24.4 Å². The number of guanidine groups is 1. The summed E-state index contributed by atoms with van der Waals surface area (Å²) < 4.78 is 5.23. The maximum Gasteiger partial charge on any atom is 0.193 e. The highest BCUT2D eigenvalue weighted by molar-refractivity contribution is 5.92. The van der Waals surface area contributed by atoms with E-state index < -0.39 is 0 Å². The first kappa shape index (κ1) is 20.4. The van der Waals surface area contributed by atoms with Crippen LogP contribution in [0, 0.1) is 0 Å². The van der Waals surface area contributed by atoms with Crippen molar-refractivity contribution in [3.05, 3.63) is 65.2 Å². The molecule has 3 N–H and O–H groups in total. The number of anilines is 1. The van der Waals surface area contributed by atoms with Crippen LogP contribution in [0.2, 0.25) is 0 Å². The number of para-hydroxylation sites is 1. The monoisotopic (exact) mass is 380 g/mol. The fraction of sp³-hybridized carbons (Fsp3) is 0.435. The Morgan fingerprint density at radius 1 is 1.14 bits per heavy atom. The van der Waals surface area contributed by atoms with Crippen LogP contribution in [0.5, 0.6) is 0 Å². The predicted molar refractivity (Wildman–Crippen MR) is 116 cm³/mol. The lowest BCUT2D eigenvalue weighted by molar-refractivity contribution is 0.152. The molecule has 2 aromatic rings. The Morgan fingerprint density at radius 3 is 2.64 bits per heavy atom. The zero-order valence-corrected chi connectivity index (χ0v) is 17.0. The van der Waals surface area contributed by atoms with Crippen molar-refractivity contribution in [2.75, 3.05) is 19.0 Å². The molecule has 5 nitrogen and oxygen atoms in total. The maximum atomic E-state index is 6.08. The molecule has 0 saturated carbocycles. The van der Waals surface area contributed by atoms with E-state index in [1.807, 2.05) is 24.3 Å². The SMILES string of the molecule is COCc1ccccc1NC(N)=NCc1ccc(CN2CCCCC2C)cc1. The Morgan fingerprint density at radius 2 is 1.89 bits per heavy atom. The molecule has 0 aliphatic carbocycles. The molecule has 0 amide bonds. The van der Waals surface area contributed by atoms with E-state index in [0.29, 0.717) is 25.2 Å². The summed E-state index contributed by atoms with van der Waals surface area (Å²) in [4.78, 5) is 7.06. The minimum Gasteiger partial charge on any atom is -0.380 e. The zero-order valence-electron chi connectivity index (χ0n) is 17.0. The number of hydrogen-bond donors (Lipinski definition) is 2. The lowest BCUT2D eigenvalue weighted by atomic mass is 10.0. The molecule has 1 aliphatic heterocycles. The maximum absolute atomic E-state index is 6.08. The molecule has 150 valence electrons. The third kappa shape index (κ3) is 5.81. The number of nitrogens with zero attached hydrogens (tertiary/aromatic N) is 2. The first-order valence-electron chi connectivity index (χ1n) is 10.1. The lowest BCUT2D eigenvalue weighted by Crippen LogP contribution is -2.36. The Bertz CT molecular complexity index is 772.